The molecule has 5 nitrogen and oxygen atoms in total. The third kappa shape index (κ3) is 2.25. The van der Waals surface area contributed by atoms with Crippen LogP contribution in [0.15, 0.2) is 35.2 Å². The summed E-state index contributed by atoms with van der Waals surface area (Å²) in [6.45, 7) is 0.610. The van der Waals surface area contributed by atoms with E-state index in [0.29, 0.717) is 13.0 Å². The van der Waals surface area contributed by atoms with Crippen LogP contribution in [0.3, 0.4) is 0 Å². The number of sulfonamides is 1. The van der Waals surface area contributed by atoms with Crippen LogP contribution in [0.5, 0.6) is 0 Å². The third-order valence-corrected chi connectivity index (χ3v) is 4.81. The number of allylic oxidation sites excluding steroid dienone is 2. The van der Waals surface area contributed by atoms with Gasteiger partial charge >= 0.3 is 0 Å². The summed E-state index contributed by atoms with van der Waals surface area (Å²) in [6, 6.07) is 4.72. The lowest BCUT2D eigenvalue weighted by molar-refractivity contribution is -0.121. The zero-order valence-electron chi connectivity index (χ0n) is 11.0. The summed E-state index contributed by atoms with van der Waals surface area (Å²) in [6.07, 6.45) is 6.32. The van der Waals surface area contributed by atoms with Crippen LogP contribution < -0.4 is 10.0 Å². The van der Waals surface area contributed by atoms with Gasteiger partial charge in [0.05, 0.1) is 4.90 Å². The summed E-state index contributed by atoms with van der Waals surface area (Å²) in [7, 11) is -3.69. The van der Waals surface area contributed by atoms with Gasteiger partial charge in [-0.05, 0) is 43.0 Å². The number of amides is 1. The van der Waals surface area contributed by atoms with Crippen molar-refractivity contribution in [2.45, 2.75) is 24.2 Å². The molecule has 0 unspecified atom stereocenters. The highest BCUT2D eigenvalue weighted by atomic mass is 32.2. The molecule has 0 spiro atoms. The Balaban J connectivity index is 1.89. The molecule has 1 heterocycles. The average Bonchev–Trinajstić information content (AvgIpc) is 3.06. The zero-order valence-corrected chi connectivity index (χ0v) is 11.8. The summed E-state index contributed by atoms with van der Waals surface area (Å²) in [5.41, 5.74) is 1.69. The lowest BCUT2D eigenvalue weighted by Crippen LogP contribution is -2.33. The molecule has 0 atom stereocenters. The van der Waals surface area contributed by atoms with E-state index >= 15 is 0 Å². The lowest BCUT2D eigenvalue weighted by atomic mass is 10.1. The number of hydrogen-bond acceptors (Lipinski definition) is 3. The number of hydrogen-bond donors (Lipinski definition) is 1. The number of nitrogens with zero attached hydrogens (tertiary/aromatic N) is 1. The van der Waals surface area contributed by atoms with Crippen molar-refractivity contribution in [3.05, 3.63) is 35.9 Å². The molecule has 3 rings (SSSR count). The smallest absolute Gasteiger partial charge is 0.238 e. The molecule has 1 aromatic rings. The molecule has 2 N–H and O–H groups in total. The number of fused-ring (bicyclic) bond motifs is 1. The maximum absolute atomic E-state index is 12.4. The van der Waals surface area contributed by atoms with E-state index in [0.717, 1.165) is 24.1 Å². The Bertz CT molecular complexity index is 686. The molecule has 106 valence electrons. The fraction of sp³-hybridized carbons (Fsp3) is 0.357. The minimum atomic E-state index is -3.69. The summed E-state index contributed by atoms with van der Waals surface area (Å²) in [4.78, 5) is 14.3. The van der Waals surface area contributed by atoms with Crippen molar-refractivity contribution < 1.29 is 13.2 Å². The van der Waals surface area contributed by atoms with E-state index in [-0.39, 0.29) is 16.7 Å². The second-order valence-corrected chi connectivity index (χ2v) is 6.78. The molecular formula is C14H16N2O3S. The SMILES string of the molecule is NS(=O)(=O)c1ccc2c(c1)CCN2C(=O)C1CC=CC1. The average molecular weight is 292 g/mol. The number of carbonyl (C=O) groups excluding carboxylic acids is 1. The quantitative estimate of drug-likeness (QED) is 0.831. The van der Waals surface area contributed by atoms with Gasteiger partial charge in [-0.25, -0.2) is 13.6 Å². The highest BCUT2D eigenvalue weighted by Gasteiger charge is 2.30. The van der Waals surface area contributed by atoms with Crippen molar-refractivity contribution in [3.63, 3.8) is 0 Å². The number of primary sulfonamides is 1. The van der Waals surface area contributed by atoms with Crippen LogP contribution in [-0.4, -0.2) is 20.9 Å². The van der Waals surface area contributed by atoms with Gasteiger partial charge in [0.25, 0.3) is 0 Å². The molecule has 0 saturated heterocycles. The fourth-order valence-electron chi connectivity index (χ4n) is 2.82. The first-order valence-electron chi connectivity index (χ1n) is 6.59. The molecule has 1 aliphatic heterocycles. The predicted molar refractivity (Wildman–Crippen MR) is 75.7 cm³/mol. The first kappa shape index (κ1) is 13.3. The van der Waals surface area contributed by atoms with Gasteiger partial charge in [0.2, 0.25) is 15.9 Å². The molecule has 0 bridgehead atoms. The summed E-state index contributed by atoms with van der Waals surface area (Å²) >= 11 is 0. The van der Waals surface area contributed by atoms with Crippen molar-refractivity contribution >= 4 is 21.6 Å². The van der Waals surface area contributed by atoms with E-state index in [2.05, 4.69) is 0 Å². The maximum atomic E-state index is 12.4. The van der Waals surface area contributed by atoms with Crippen LogP contribution in [0.2, 0.25) is 0 Å². The molecule has 2 aliphatic rings. The summed E-state index contributed by atoms with van der Waals surface area (Å²) in [5.74, 6) is 0.149. The Morgan fingerprint density at radius 2 is 1.95 bits per heavy atom. The molecule has 1 amide bonds. The number of rotatable bonds is 2. The molecule has 0 aromatic heterocycles. The van der Waals surface area contributed by atoms with Gasteiger partial charge in [0, 0.05) is 18.2 Å². The van der Waals surface area contributed by atoms with Crippen LogP contribution in [0.25, 0.3) is 0 Å². The molecule has 6 heteroatoms. The first-order valence-corrected chi connectivity index (χ1v) is 8.13. The van der Waals surface area contributed by atoms with Crippen molar-refractivity contribution in [3.8, 4) is 0 Å². The Hall–Kier alpha value is -1.66. The number of nitrogens with two attached hydrogens (primary N) is 1. The van der Waals surface area contributed by atoms with Crippen LogP contribution in [0.1, 0.15) is 18.4 Å². The molecular weight excluding hydrogens is 276 g/mol. The molecule has 1 aromatic carbocycles. The predicted octanol–water partition coefficient (Wildman–Crippen LogP) is 1.19. The summed E-state index contributed by atoms with van der Waals surface area (Å²) < 4.78 is 22.7. The first-order chi connectivity index (χ1) is 9.47. The second kappa shape index (κ2) is 4.71. The van der Waals surface area contributed by atoms with E-state index in [4.69, 9.17) is 5.14 Å². The van der Waals surface area contributed by atoms with E-state index < -0.39 is 10.0 Å². The highest BCUT2D eigenvalue weighted by molar-refractivity contribution is 7.89. The largest absolute Gasteiger partial charge is 0.312 e. The Morgan fingerprint density at radius 3 is 2.60 bits per heavy atom. The molecule has 20 heavy (non-hydrogen) atoms. The number of benzene rings is 1. The Kier molecular flexibility index (Phi) is 3.14. The van der Waals surface area contributed by atoms with E-state index in [1.807, 2.05) is 12.2 Å². The second-order valence-electron chi connectivity index (χ2n) is 5.22. The maximum Gasteiger partial charge on any atom is 0.238 e. The van der Waals surface area contributed by atoms with E-state index in [9.17, 15) is 13.2 Å². The Labute approximate surface area is 118 Å². The third-order valence-electron chi connectivity index (χ3n) is 3.90. The van der Waals surface area contributed by atoms with Gasteiger partial charge in [0.1, 0.15) is 0 Å². The minimum Gasteiger partial charge on any atom is -0.312 e. The highest BCUT2D eigenvalue weighted by Crippen LogP contribution is 2.32. The van der Waals surface area contributed by atoms with Gasteiger partial charge < -0.3 is 4.90 Å². The van der Waals surface area contributed by atoms with Gasteiger partial charge in [-0.2, -0.15) is 0 Å². The molecule has 0 radical (unpaired) electrons. The van der Waals surface area contributed by atoms with Crippen molar-refractivity contribution in [1.82, 2.24) is 0 Å². The van der Waals surface area contributed by atoms with Crippen molar-refractivity contribution in [2.24, 2.45) is 11.1 Å². The standard InChI is InChI=1S/C14H16N2O3S/c15-20(18,19)12-5-6-13-11(9-12)7-8-16(13)14(17)10-3-1-2-4-10/h1-2,5-6,9-10H,3-4,7-8H2,(H2,15,18,19). The van der Waals surface area contributed by atoms with E-state index in [1.54, 1.807) is 17.0 Å². The monoisotopic (exact) mass is 292 g/mol. The van der Waals surface area contributed by atoms with Gasteiger partial charge in [-0.3, -0.25) is 4.79 Å². The normalized spacial score (nSPS) is 18.6. The van der Waals surface area contributed by atoms with Gasteiger partial charge in [-0.1, -0.05) is 12.2 Å². The van der Waals surface area contributed by atoms with Crippen molar-refractivity contribution in [1.29, 1.82) is 0 Å². The summed E-state index contributed by atoms with van der Waals surface area (Å²) in [5, 5.41) is 5.13. The zero-order chi connectivity index (χ0) is 14.3. The number of anilines is 1. The fourth-order valence-corrected chi connectivity index (χ4v) is 3.39. The molecule has 1 aliphatic carbocycles. The van der Waals surface area contributed by atoms with Crippen LogP contribution in [0, 0.1) is 5.92 Å². The lowest BCUT2D eigenvalue weighted by Gasteiger charge is -2.21. The molecule has 0 saturated carbocycles. The number of carbonyl (C=O) groups is 1. The van der Waals surface area contributed by atoms with Crippen LogP contribution in [-0.2, 0) is 21.2 Å². The molecule has 0 fully saturated rings. The van der Waals surface area contributed by atoms with Gasteiger partial charge in [0.15, 0.2) is 0 Å². The van der Waals surface area contributed by atoms with Crippen molar-refractivity contribution in [2.75, 3.05) is 11.4 Å². The minimum absolute atomic E-state index is 0.0267. The van der Waals surface area contributed by atoms with E-state index in [1.165, 1.54) is 6.07 Å². The van der Waals surface area contributed by atoms with Crippen LogP contribution in [0.4, 0.5) is 5.69 Å². The van der Waals surface area contributed by atoms with Gasteiger partial charge in [-0.15, -0.1) is 0 Å². The topological polar surface area (TPSA) is 80.5 Å². The Morgan fingerprint density at radius 1 is 1.25 bits per heavy atom. The van der Waals surface area contributed by atoms with Crippen LogP contribution >= 0.6 is 0 Å².